The van der Waals surface area contributed by atoms with Gasteiger partial charge in [-0.2, -0.15) is 0 Å². The molecule has 28 heavy (non-hydrogen) atoms. The number of carbonyl (C=O) groups is 1. The van der Waals surface area contributed by atoms with Gasteiger partial charge >= 0.3 is 0 Å². The molecule has 0 bridgehead atoms. The summed E-state index contributed by atoms with van der Waals surface area (Å²) in [6.45, 7) is 1.87. The molecular formula is C18H21ClN2O5S2. The molecule has 0 fully saturated rings. The number of sulfonamides is 1. The van der Waals surface area contributed by atoms with Crippen molar-refractivity contribution >= 4 is 43.1 Å². The average molecular weight is 445 g/mol. The lowest BCUT2D eigenvalue weighted by atomic mass is 10.0. The molecule has 2 aromatic carbocycles. The van der Waals surface area contributed by atoms with Gasteiger partial charge in [0.15, 0.2) is 9.84 Å². The number of sulfone groups is 1. The Bertz CT molecular complexity index is 1080. The molecule has 1 unspecified atom stereocenters. The Morgan fingerprint density at radius 1 is 1.04 bits per heavy atom. The van der Waals surface area contributed by atoms with Gasteiger partial charge in [-0.15, -0.1) is 0 Å². The smallest absolute Gasteiger partial charge is 0.253 e. The Morgan fingerprint density at radius 3 is 2.14 bits per heavy atom. The van der Waals surface area contributed by atoms with E-state index in [1.807, 2.05) is 6.92 Å². The van der Waals surface area contributed by atoms with Crippen molar-refractivity contribution in [1.82, 2.24) is 5.32 Å². The topological polar surface area (TPSA) is 109 Å². The van der Waals surface area contributed by atoms with Crippen LogP contribution < -0.4 is 10.0 Å². The first-order chi connectivity index (χ1) is 12.9. The second-order valence-corrected chi connectivity index (χ2v) is 10.5. The molecule has 0 aliphatic carbocycles. The van der Waals surface area contributed by atoms with Gasteiger partial charge < -0.3 is 5.32 Å². The maximum atomic E-state index is 12.7. The molecule has 0 heterocycles. The highest BCUT2D eigenvalue weighted by atomic mass is 35.5. The van der Waals surface area contributed by atoms with E-state index in [1.54, 1.807) is 12.1 Å². The van der Waals surface area contributed by atoms with Gasteiger partial charge in [0.1, 0.15) is 0 Å². The largest absolute Gasteiger partial charge is 0.345 e. The van der Waals surface area contributed by atoms with Crippen LogP contribution in [0, 0.1) is 0 Å². The highest BCUT2D eigenvalue weighted by Crippen LogP contribution is 2.24. The van der Waals surface area contributed by atoms with E-state index in [0.29, 0.717) is 6.42 Å². The van der Waals surface area contributed by atoms with Crippen LogP contribution in [0.15, 0.2) is 47.4 Å². The van der Waals surface area contributed by atoms with Crippen molar-refractivity contribution < 1.29 is 21.6 Å². The quantitative estimate of drug-likeness (QED) is 0.682. The minimum absolute atomic E-state index is 0.126. The highest BCUT2D eigenvalue weighted by Gasteiger charge is 2.18. The number of anilines is 1. The van der Waals surface area contributed by atoms with E-state index in [9.17, 15) is 21.6 Å². The van der Waals surface area contributed by atoms with Crippen LogP contribution in [-0.4, -0.2) is 35.3 Å². The first kappa shape index (κ1) is 22.2. The SMILES string of the molecule is CCC(NC(=O)c1cc(NS(C)(=O)=O)ccc1Cl)c1ccc(S(C)(=O)=O)cc1. The number of carbonyl (C=O) groups excluding carboxylic acids is 1. The van der Waals surface area contributed by atoms with Crippen LogP contribution in [0.25, 0.3) is 0 Å². The van der Waals surface area contributed by atoms with Crippen molar-refractivity contribution in [3.05, 3.63) is 58.6 Å². The summed E-state index contributed by atoms with van der Waals surface area (Å²) >= 11 is 6.10. The van der Waals surface area contributed by atoms with Crippen molar-refractivity contribution in [2.75, 3.05) is 17.2 Å². The number of amides is 1. The zero-order valence-corrected chi connectivity index (χ0v) is 18.0. The van der Waals surface area contributed by atoms with Gasteiger partial charge in [0.25, 0.3) is 5.91 Å². The van der Waals surface area contributed by atoms with E-state index >= 15 is 0 Å². The fourth-order valence-corrected chi connectivity index (χ4v) is 3.97. The van der Waals surface area contributed by atoms with Gasteiger partial charge in [-0.1, -0.05) is 30.7 Å². The van der Waals surface area contributed by atoms with E-state index < -0.39 is 25.8 Å². The average Bonchev–Trinajstić information content (AvgIpc) is 2.59. The molecule has 0 spiro atoms. The van der Waals surface area contributed by atoms with Crippen LogP contribution in [0.1, 0.15) is 35.3 Å². The van der Waals surface area contributed by atoms with Gasteiger partial charge in [0.05, 0.1) is 27.8 Å². The Balaban J connectivity index is 2.25. The molecule has 0 saturated carbocycles. The molecule has 0 aromatic heterocycles. The lowest BCUT2D eigenvalue weighted by Crippen LogP contribution is -2.28. The first-order valence-electron chi connectivity index (χ1n) is 8.29. The third kappa shape index (κ3) is 5.95. The third-order valence-corrected chi connectivity index (χ3v) is 6.00. The number of rotatable bonds is 7. The molecule has 0 saturated heterocycles. The summed E-state index contributed by atoms with van der Waals surface area (Å²) in [6.07, 6.45) is 2.69. The molecule has 152 valence electrons. The van der Waals surface area contributed by atoms with Gasteiger partial charge in [-0.05, 0) is 42.3 Å². The van der Waals surface area contributed by atoms with Crippen molar-refractivity contribution in [3.8, 4) is 0 Å². The summed E-state index contributed by atoms with van der Waals surface area (Å²) < 4.78 is 48.2. The monoisotopic (exact) mass is 444 g/mol. The zero-order chi connectivity index (χ0) is 21.1. The fraction of sp³-hybridized carbons (Fsp3) is 0.278. The lowest BCUT2D eigenvalue weighted by Gasteiger charge is -2.18. The summed E-state index contributed by atoms with van der Waals surface area (Å²) in [5.74, 6) is -0.471. The predicted octanol–water partition coefficient (Wildman–Crippen LogP) is 3.00. The molecule has 1 atom stereocenters. The van der Waals surface area contributed by atoms with Crippen molar-refractivity contribution in [2.45, 2.75) is 24.3 Å². The first-order valence-corrected chi connectivity index (χ1v) is 12.4. The Labute approximate surface area is 170 Å². The number of benzene rings is 2. The van der Waals surface area contributed by atoms with E-state index in [2.05, 4.69) is 10.0 Å². The van der Waals surface area contributed by atoms with E-state index in [-0.39, 0.29) is 27.2 Å². The van der Waals surface area contributed by atoms with E-state index in [4.69, 9.17) is 11.6 Å². The Kier molecular flexibility index (Phi) is 6.74. The fourth-order valence-electron chi connectivity index (χ4n) is 2.58. The minimum atomic E-state index is -3.49. The highest BCUT2D eigenvalue weighted by molar-refractivity contribution is 7.92. The summed E-state index contributed by atoms with van der Waals surface area (Å²) in [5, 5.41) is 3.02. The molecule has 2 rings (SSSR count). The van der Waals surface area contributed by atoms with Crippen molar-refractivity contribution in [2.24, 2.45) is 0 Å². The maximum Gasteiger partial charge on any atom is 0.253 e. The molecule has 10 heteroatoms. The summed E-state index contributed by atoms with van der Waals surface area (Å²) in [5.41, 5.74) is 1.09. The van der Waals surface area contributed by atoms with Gasteiger partial charge in [0, 0.05) is 11.9 Å². The van der Waals surface area contributed by atoms with Gasteiger partial charge in [-0.25, -0.2) is 16.8 Å². The normalized spacial score (nSPS) is 13.0. The van der Waals surface area contributed by atoms with Crippen molar-refractivity contribution in [1.29, 1.82) is 0 Å². The molecule has 2 N–H and O–H groups in total. The predicted molar refractivity (Wildman–Crippen MR) is 110 cm³/mol. The molecule has 7 nitrogen and oxygen atoms in total. The zero-order valence-electron chi connectivity index (χ0n) is 15.6. The van der Waals surface area contributed by atoms with Crippen LogP contribution in [0.5, 0.6) is 0 Å². The summed E-state index contributed by atoms with van der Waals surface area (Å²) in [7, 11) is -6.80. The molecule has 1 amide bonds. The second kappa shape index (κ2) is 8.50. The van der Waals surface area contributed by atoms with E-state index in [0.717, 1.165) is 18.1 Å². The number of nitrogens with one attached hydrogen (secondary N) is 2. The maximum absolute atomic E-state index is 12.7. The van der Waals surface area contributed by atoms with Crippen LogP contribution in [0.3, 0.4) is 0 Å². The van der Waals surface area contributed by atoms with Gasteiger partial charge in [-0.3, -0.25) is 9.52 Å². The minimum Gasteiger partial charge on any atom is -0.345 e. The molecule has 0 radical (unpaired) electrons. The summed E-state index contributed by atoms with van der Waals surface area (Å²) in [4.78, 5) is 12.9. The van der Waals surface area contributed by atoms with Crippen molar-refractivity contribution in [3.63, 3.8) is 0 Å². The lowest BCUT2D eigenvalue weighted by molar-refractivity contribution is 0.0935. The van der Waals surface area contributed by atoms with Gasteiger partial charge in [0.2, 0.25) is 10.0 Å². The molecular weight excluding hydrogens is 424 g/mol. The van der Waals surface area contributed by atoms with E-state index in [1.165, 1.54) is 30.3 Å². The molecule has 0 aliphatic rings. The van der Waals surface area contributed by atoms with Crippen LogP contribution in [0.4, 0.5) is 5.69 Å². The third-order valence-electron chi connectivity index (χ3n) is 3.94. The second-order valence-electron chi connectivity index (χ2n) is 6.34. The van der Waals surface area contributed by atoms with Crippen LogP contribution >= 0.6 is 11.6 Å². The standard InChI is InChI=1S/C18H21ClN2O5S2/c1-4-17(12-5-8-14(9-6-12)27(2,23)24)20-18(22)15-11-13(7-10-16(15)19)21-28(3,25)26/h5-11,17,21H,4H2,1-3H3,(H,20,22). The number of halogens is 1. The molecule has 0 aliphatic heterocycles. The number of hydrogen-bond donors (Lipinski definition) is 2. The molecule has 2 aromatic rings. The number of hydrogen-bond acceptors (Lipinski definition) is 5. The summed E-state index contributed by atoms with van der Waals surface area (Å²) in [6, 6.07) is 10.2. The van der Waals surface area contributed by atoms with Crippen LogP contribution in [-0.2, 0) is 19.9 Å². The van der Waals surface area contributed by atoms with Crippen LogP contribution in [0.2, 0.25) is 5.02 Å². The Morgan fingerprint density at radius 2 is 1.64 bits per heavy atom. The Hall–Kier alpha value is -2.10.